The van der Waals surface area contributed by atoms with Gasteiger partial charge in [-0.3, -0.25) is 9.59 Å². The quantitative estimate of drug-likeness (QED) is 0.799. The van der Waals surface area contributed by atoms with Crippen molar-refractivity contribution in [3.63, 3.8) is 0 Å². The molecule has 1 saturated heterocycles. The zero-order valence-corrected chi connectivity index (χ0v) is 16.3. The van der Waals surface area contributed by atoms with Crippen molar-refractivity contribution in [2.45, 2.75) is 31.4 Å². The Morgan fingerprint density at radius 3 is 2.43 bits per heavy atom. The summed E-state index contributed by atoms with van der Waals surface area (Å²) in [6.07, 6.45) is 1.25. The van der Waals surface area contributed by atoms with Crippen LogP contribution in [0.5, 0.6) is 11.5 Å². The number of nitrogens with one attached hydrogen (secondary N) is 1. The molecule has 0 aromatic heterocycles. The van der Waals surface area contributed by atoms with Crippen LogP contribution in [0.15, 0.2) is 54.6 Å². The highest BCUT2D eigenvalue weighted by Gasteiger charge is 2.40. The van der Waals surface area contributed by atoms with Gasteiger partial charge in [0, 0.05) is 19.9 Å². The van der Waals surface area contributed by atoms with Crippen molar-refractivity contribution >= 4 is 11.8 Å². The lowest BCUT2D eigenvalue weighted by Crippen LogP contribution is -2.45. The molecule has 0 radical (unpaired) electrons. The predicted octanol–water partition coefficient (Wildman–Crippen LogP) is 2.42. The van der Waals surface area contributed by atoms with Gasteiger partial charge in [0.25, 0.3) is 0 Å². The minimum atomic E-state index is -0.498. The minimum absolute atomic E-state index is 0.0384. The molecular weight excluding hydrogens is 356 g/mol. The number of para-hydroxylation sites is 1. The van der Waals surface area contributed by atoms with Crippen LogP contribution in [0.3, 0.4) is 0 Å². The van der Waals surface area contributed by atoms with Gasteiger partial charge in [-0.1, -0.05) is 30.3 Å². The van der Waals surface area contributed by atoms with E-state index in [0.717, 1.165) is 17.1 Å². The van der Waals surface area contributed by atoms with Gasteiger partial charge >= 0.3 is 0 Å². The largest absolute Gasteiger partial charge is 0.497 e. The Morgan fingerprint density at radius 2 is 1.79 bits per heavy atom. The maximum absolute atomic E-state index is 12.8. The number of aryl methyl sites for hydroxylation is 1. The highest BCUT2D eigenvalue weighted by atomic mass is 16.5. The summed E-state index contributed by atoms with van der Waals surface area (Å²) >= 11 is 0. The number of likely N-dealkylation sites (tertiary alicyclic amines) is 1. The second-order valence-corrected chi connectivity index (χ2v) is 6.81. The lowest BCUT2D eigenvalue weighted by Gasteiger charge is -2.23. The van der Waals surface area contributed by atoms with Crippen molar-refractivity contribution in [1.29, 1.82) is 0 Å². The molecule has 0 spiro atoms. The van der Waals surface area contributed by atoms with Crippen LogP contribution in [0, 0.1) is 0 Å². The van der Waals surface area contributed by atoms with Gasteiger partial charge in [0.05, 0.1) is 13.7 Å². The molecule has 6 nitrogen and oxygen atoms in total. The fourth-order valence-corrected chi connectivity index (χ4v) is 3.45. The highest BCUT2D eigenvalue weighted by Crippen LogP contribution is 2.24. The third kappa shape index (κ3) is 4.82. The molecule has 0 aliphatic carbocycles. The summed E-state index contributed by atoms with van der Waals surface area (Å²) < 4.78 is 11.1. The van der Waals surface area contributed by atoms with E-state index in [0.29, 0.717) is 25.8 Å². The summed E-state index contributed by atoms with van der Waals surface area (Å²) in [4.78, 5) is 26.8. The summed E-state index contributed by atoms with van der Waals surface area (Å²) in [7, 11) is 3.21. The van der Waals surface area contributed by atoms with Crippen LogP contribution in [-0.2, 0) is 16.0 Å². The SMILES string of the molecule is CNC(=O)[C@H]1C[C@H](Oc2ccccc2)CN1C(=O)CCc1ccc(OC)cc1. The number of nitrogens with zero attached hydrogens (tertiary/aromatic N) is 1. The Hall–Kier alpha value is -3.02. The number of likely N-dealkylation sites (N-methyl/N-ethyl adjacent to an activating group) is 1. The molecule has 0 unspecified atom stereocenters. The van der Waals surface area contributed by atoms with E-state index in [1.165, 1.54) is 0 Å². The maximum atomic E-state index is 12.8. The molecule has 6 heteroatoms. The van der Waals surface area contributed by atoms with Crippen molar-refractivity contribution in [2.24, 2.45) is 0 Å². The smallest absolute Gasteiger partial charge is 0.242 e. The van der Waals surface area contributed by atoms with Gasteiger partial charge in [0.1, 0.15) is 23.6 Å². The zero-order chi connectivity index (χ0) is 19.9. The van der Waals surface area contributed by atoms with Crippen molar-refractivity contribution in [1.82, 2.24) is 10.2 Å². The number of carbonyl (C=O) groups excluding carboxylic acids is 2. The second-order valence-electron chi connectivity index (χ2n) is 6.81. The number of methoxy groups -OCH3 is 1. The standard InChI is InChI=1S/C22H26N2O4/c1-23-22(26)20-14-19(28-18-6-4-3-5-7-18)15-24(20)21(25)13-10-16-8-11-17(27-2)12-9-16/h3-9,11-12,19-20H,10,13-15H2,1-2H3,(H,23,26)/t19-,20+/m0/s1. The molecule has 2 atom stereocenters. The van der Waals surface area contributed by atoms with E-state index in [2.05, 4.69) is 5.32 Å². The van der Waals surface area contributed by atoms with Gasteiger partial charge < -0.3 is 19.7 Å². The number of ether oxygens (including phenoxy) is 2. The summed E-state index contributed by atoms with van der Waals surface area (Å²) in [5.74, 6) is 1.34. The average Bonchev–Trinajstić information content (AvgIpc) is 3.16. The highest BCUT2D eigenvalue weighted by molar-refractivity contribution is 5.88. The van der Waals surface area contributed by atoms with E-state index in [1.807, 2.05) is 54.6 Å². The Bertz CT molecular complexity index is 792. The molecule has 2 amide bonds. The first-order valence-electron chi connectivity index (χ1n) is 9.46. The van der Waals surface area contributed by atoms with E-state index in [1.54, 1.807) is 19.1 Å². The van der Waals surface area contributed by atoms with E-state index in [9.17, 15) is 9.59 Å². The average molecular weight is 382 g/mol. The first-order chi connectivity index (χ1) is 13.6. The van der Waals surface area contributed by atoms with E-state index in [-0.39, 0.29) is 17.9 Å². The molecule has 3 rings (SSSR count). The van der Waals surface area contributed by atoms with Crippen LogP contribution in [0.25, 0.3) is 0 Å². The molecule has 1 aliphatic rings. The van der Waals surface area contributed by atoms with Crippen molar-refractivity contribution in [3.05, 3.63) is 60.2 Å². The molecule has 0 bridgehead atoms. The third-order valence-electron chi connectivity index (χ3n) is 4.96. The van der Waals surface area contributed by atoms with Crippen molar-refractivity contribution in [3.8, 4) is 11.5 Å². The van der Waals surface area contributed by atoms with Crippen LogP contribution in [-0.4, -0.2) is 49.6 Å². The Morgan fingerprint density at radius 1 is 1.07 bits per heavy atom. The first-order valence-corrected chi connectivity index (χ1v) is 9.46. The third-order valence-corrected chi connectivity index (χ3v) is 4.96. The molecule has 1 fully saturated rings. The maximum Gasteiger partial charge on any atom is 0.242 e. The van der Waals surface area contributed by atoms with Gasteiger partial charge in [-0.2, -0.15) is 0 Å². The first kappa shape index (κ1) is 19.7. The number of hydrogen-bond acceptors (Lipinski definition) is 4. The van der Waals surface area contributed by atoms with Gasteiger partial charge in [-0.25, -0.2) is 0 Å². The van der Waals surface area contributed by atoms with E-state index in [4.69, 9.17) is 9.47 Å². The monoisotopic (exact) mass is 382 g/mol. The molecule has 1 aliphatic heterocycles. The predicted molar refractivity (Wildman–Crippen MR) is 106 cm³/mol. The molecule has 148 valence electrons. The lowest BCUT2D eigenvalue weighted by molar-refractivity contribution is -0.138. The molecular formula is C22H26N2O4. The Balaban J connectivity index is 1.62. The summed E-state index contributed by atoms with van der Waals surface area (Å²) in [6.45, 7) is 0.411. The summed E-state index contributed by atoms with van der Waals surface area (Å²) in [6, 6.07) is 16.6. The number of hydrogen-bond donors (Lipinski definition) is 1. The summed E-state index contributed by atoms with van der Waals surface area (Å²) in [5, 5.41) is 2.66. The number of benzene rings is 2. The number of amides is 2. The number of carbonyl (C=O) groups is 2. The topological polar surface area (TPSA) is 67.9 Å². The van der Waals surface area contributed by atoms with E-state index < -0.39 is 6.04 Å². The van der Waals surface area contributed by atoms with Crippen LogP contribution in [0.2, 0.25) is 0 Å². The second kappa shape index (κ2) is 9.26. The number of rotatable bonds is 7. The van der Waals surface area contributed by atoms with Gasteiger partial charge in [-0.05, 0) is 36.2 Å². The van der Waals surface area contributed by atoms with Crippen molar-refractivity contribution < 1.29 is 19.1 Å². The lowest BCUT2D eigenvalue weighted by atomic mass is 10.1. The zero-order valence-electron chi connectivity index (χ0n) is 16.3. The van der Waals surface area contributed by atoms with Crippen LogP contribution >= 0.6 is 0 Å². The van der Waals surface area contributed by atoms with Crippen molar-refractivity contribution in [2.75, 3.05) is 20.7 Å². The normalized spacial score (nSPS) is 18.6. The summed E-state index contributed by atoms with van der Waals surface area (Å²) in [5.41, 5.74) is 1.06. The molecule has 1 heterocycles. The molecule has 0 saturated carbocycles. The Kier molecular flexibility index (Phi) is 6.53. The van der Waals surface area contributed by atoms with Gasteiger partial charge in [-0.15, -0.1) is 0 Å². The molecule has 2 aromatic carbocycles. The van der Waals surface area contributed by atoms with Gasteiger partial charge in [0.15, 0.2) is 0 Å². The van der Waals surface area contributed by atoms with Gasteiger partial charge in [0.2, 0.25) is 11.8 Å². The van der Waals surface area contributed by atoms with Crippen LogP contribution in [0.4, 0.5) is 0 Å². The van der Waals surface area contributed by atoms with Crippen LogP contribution in [0.1, 0.15) is 18.4 Å². The fraction of sp³-hybridized carbons (Fsp3) is 0.364. The van der Waals surface area contributed by atoms with E-state index >= 15 is 0 Å². The molecule has 28 heavy (non-hydrogen) atoms. The van der Waals surface area contributed by atoms with Crippen LogP contribution < -0.4 is 14.8 Å². The fourth-order valence-electron chi connectivity index (χ4n) is 3.45. The molecule has 1 N–H and O–H groups in total. The molecule has 2 aromatic rings. The Labute approximate surface area is 165 Å². The minimum Gasteiger partial charge on any atom is -0.497 e.